The van der Waals surface area contributed by atoms with Crippen molar-refractivity contribution in [3.8, 4) is 11.5 Å². The van der Waals surface area contributed by atoms with Gasteiger partial charge in [-0.15, -0.1) is 0 Å². The molecular weight excluding hydrogens is 520 g/mol. The first-order valence-corrected chi connectivity index (χ1v) is 13.7. The van der Waals surface area contributed by atoms with Crippen LogP contribution in [0, 0.1) is 0 Å². The number of nitrogens with one attached hydrogen (secondary N) is 4. The van der Waals surface area contributed by atoms with Crippen molar-refractivity contribution in [2.75, 3.05) is 20.3 Å². The number of rotatable bonds is 11. The first-order chi connectivity index (χ1) is 17.4. The Bertz CT molecular complexity index is 1310. The molecule has 12 heteroatoms. The lowest BCUT2D eigenvalue weighted by Gasteiger charge is -2.12. The van der Waals surface area contributed by atoms with Gasteiger partial charge in [0.25, 0.3) is 0 Å². The number of hydrogen-bond acceptors (Lipinski definition) is 8. The van der Waals surface area contributed by atoms with E-state index in [1.54, 1.807) is 48.2 Å². The van der Waals surface area contributed by atoms with Crippen molar-refractivity contribution in [1.29, 1.82) is 0 Å². The lowest BCUT2D eigenvalue weighted by molar-refractivity contribution is 0.483. The fourth-order valence-corrected chi connectivity index (χ4v) is 4.57. The SMILES string of the molecule is O=[SH](=O)Nc1ccc(Oc2ccc(NNc3ccc(Sc4ccc(N[SH](=O)=O)cc4)cc3)cc2)cc1. The second-order valence-corrected chi connectivity index (χ2v) is 9.91. The van der Waals surface area contributed by atoms with E-state index in [9.17, 15) is 16.8 Å². The smallest absolute Gasteiger partial charge is 0.222 e. The molecule has 4 N–H and O–H groups in total. The highest BCUT2D eigenvalue weighted by molar-refractivity contribution is 7.99. The van der Waals surface area contributed by atoms with Crippen LogP contribution in [0.1, 0.15) is 0 Å². The number of benzene rings is 4. The fourth-order valence-electron chi connectivity index (χ4n) is 3.03. The van der Waals surface area contributed by atoms with Crippen LogP contribution in [0.15, 0.2) is 107 Å². The van der Waals surface area contributed by atoms with Crippen LogP contribution in [-0.4, -0.2) is 16.8 Å². The second kappa shape index (κ2) is 12.2. The molecule has 4 rings (SSSR count). The summed E-state index contributed by atoms with van der Waals surface area (Å²) in [4.78, 5) is 2.04. The third-order valence-corrected chi connectivity index (χ3v) is 6.58. The number of thiol groups is 2. The molecule has 0 radical (unpaired) electrons. The Morgan fingerprint density at radius 3 is 1.19 bits per heavy atom. The number of hydrazine groups is 1. The molecule has 0 atom stereocenters. The average Bonchev–Trinajstić information content (AvgIpc) is 2.86. The van der Waals surface area contributed by atoms with E-state index in [1.165, 1.54) is 0 Å². The predicted octanol–water partition coefficient (Wildman–Crippen LogP) is 4.95. The maximum Gasteiger partial charge on any atom is 0.222 e. The molecule has 4 aromatic carbocycles. The second-order valence-electron chi connectivity index (χ2n) is 7.29. The molecule has 36 heavy (non-hydrogen) atoms. The van der Waals surface area contributed by atoms with Gasteiger partial charge in [-0.1, -0.05) is 11.8 Å². The first-order valence-electron chi connectivity index (χ1n) is 10.5. The molecule has 0 aliphatic heterocycles. The molecule has 0 unspecified atom stereocenters. The molecule has 0 saturated heterocycles. The van der Waals surface area contributed by atoms with Gasteiger partial charge in [0.2, 0.25) is 21.8 Å². The quantitative estimate of drug-likeness (QED) is 0.116. The Morgan fingerprint density at radius 1 is 0.472 bits per heavy atom. The fraction of sp³-hybridized carbons (Fsp3) is 0. The third kappa shape index (κ3) is 7.83. The summed E-state index contributed by atoms with van der Waals surface area (Å²) < 4.78 is 53.3. The van der Waals surface area contributed by atoms with Crippen LogP contribution in [0.4, 0.5) is 22.7 Å². The van der Waals surface area contributed by atoms with E-state index in [4.69, 9.17) is 4.74 Å². The molecule has 0 amide bonds. The molecule has 0 spiro atoms. The predicted molar refractivity (Wildman–Crippen MR) is 145 cm³/mol. The lowest BCUT2D eigenvalue weighted by atomic mass is 10.3. The Balaban J connectivity index is 1.26. The van der Waals surface area contributed by atoms with Crippen LogP contribution >= 0.6 is 11.8 Å². The summed E-state index contributed by atoms with van der Waals surface area (Å²) in [7, 11) is -5.37. The van der Waals surface area contributed by atoms with E-state index >= 15 is 0 Å². The summed E-state index contributed by atoms with van der Waals surface area (Å²) in [6.07, 6.45) is 0. The molecule has 0 saturated carbocycles. The van der Waals surface area contributed by atoms with Crippen LogP contribution in [0.3, 0.4) is 0 Å². The molecule has 0 fully saturated rings. The van der Waals surface area contributed by atoms with E-state index in [0.29, 0.717) is 22.9 Å². The third-order valence-electron chi connectivity index (χ3n) is 4.68. The highest BCUT2D eigenvalue weighted by Gasteiger charge is 2.02. The molecule has 0 aliphatic carbocycles. The van der Waals surface area contributed by atoms with E-state index < -0.39 is 21.8 Å². The lowest BCUT2D eigenvalue weighted by Crippen LogP contribution is -2.08. The van der Waals surface area contributed by atoms with Gasteiger partial charge in [-0.2, -0.15) is 0 Å². The molecule has 0 aliphatic rings. The van der Waals surface area contributed by atoms with E-state index in [2.05, 4.69) is 20.3 Å². The number of anilines is 4. The molecule has 4 aromatic rings. The van der Waals surface area contributed by atoms with Gasteiger partial charge in [0.05, 0.1) is 11.4 Å². The van der Waals surface area contributed by atoms with Gasteiger partial charge >= 0.3 is 0 Å². The minimum atomic E-state index is -2.70. The topological polar surface area (TPSA) is 126 Å². The van der Waals surface area contributed by atoms with Crippen molar-refractivity contribution in [3.63, 3.8) is 0 Å². The molecule has 186 valence electrons. The summed E-state index contributed by atoms with van der Waals surface area (Å²) in [5, 5.41) is 0. The van der Waals surface area contributed by atoms with Crippen LogP contribution in [0.2, 0.25) is 0 Å². The summed E-state index contributed by atoms with van der Waals surface area (Å²) >= 11 is 1.57. The standard InChI is InChI=1S/C24H22N4O5S3/c29-35(30)27-19-3-11-22(12-4-19)33-21-9-1-17(2-10-21)25-26-18-5-13-23(14-6-18)34-24-15-7-20(8-16-24)28-36(31)32/h1-16,25-26,35-36H,(H,27,29,30)(H,28,31,32). The molecule has 9 nitrogen and oxygen atoms in total. The maximum atomic E-state index is 10.7. The average molecular weight is 543 g/mol. The summed E-state index contributed by atoms with van der Waals surface area (Å²) in [6.45, 7) is 0. The first kappa shape index (κ1) is 25.2. The van der Waals surface area contributed by atoms with Crippen molar-refractivity contribution in [1.82, 2.24) is 0 Å². The van der Waals surface area contributed by atoms with Gasteiger partial charge in [-0.05, 0) is 97.1 Å². The highest BCUT2D eigenvalue weighted by atomic mass is 32.2. The van der Waals surface area contributed by atoms with Crippen molar-refractivity contribution in [2.24, 2.45) is 0 Å². The van der Waals surface area contributed by atoms with Crippen LogP contribution in [0.5, 0.6) is 11.5 Å². The van der Waals surface area contributed by atoms with Crippen molar-refractivity contribution in [2.45, 2.75) is 9.79 Å². The van der Waals surface area contributed by atoms with E-state index in [-0.39, 0.29) is 0 Å². The Labute approximate surface area is 216 Å². The van der Waals surface area contributed by atoms with Gasteiger partial charge in [0.15, 0.2) is 0 Å². The largest absolute Gasteiger partial charge is 0.457 e. The van der Waals surface area contributed by atoms with Crippen molar-refractivity contribution >= 4 is 56.3 Å². The van der Waals surface area contributed by atoms with Crippen molar-refractivity contribution < 1.29 is 21.6 Å². The maximum absolute atomic E-state index is 10.7. The van der Waals surface area contributed by atoms with E-state index in [1.807, 2.05) is 60.7 Å². The minimum Gasteiger partial charge on any atom is -0.457 e. The normalized spacial score (nSPS) is 10.7. The summed E-state index contributed by atoms with van der Waals surface area (Å²) in [6, 6.07) is 29.0. The van der Waals surface area contributed by atoms with Crippen molar-refractivity contribution in [3.05, 3.63) is 97.1 Å². The minimum absolute atomic E-state index is 0.471. The summed E-state index contributed by atoms with van der Waals surface area (Å²) in [5.41, 5.74) is 9.01. The zero-order chi connectivity index (χ0) is 25.3. The van der Waals surface area contributed by atoms with Crippen LogP contribution in [-0.2, 0) is 21.8 Å². The van der Waals surface area contributed by atoms with Gasteiger partial charge in [-0.3, -0.25) is 9.44 Å². The Morgan fingerprint density at radius 2 is 0.806 bits per heavy atom. The number of ether oxygens (including phenoxy) is 1. The Hall–Kier alpha value is -3.87. The highest BCUT2D eigenvalue weighted by Crippen LogP contribution is 2.30. The zero-order valence-electron chi connectivity index (χ0n) is 18.6. The molecule has 0 bridgehead atoms. The van der Waals surface area contributed by atoms with Crippen LogP contribution < -0.4 is 25.0 Å². The van der Waals surface area contributed by atoms with E-state index in [0.717, 1.165) is 21.2 Å². The molecule has 0 aromatic heterocycles. The molecule has 0 heterocycles. The Kier molecular flexibility index (Phi) is 8.55. The zero-order valence-corrected chi connectivity index (χ0v) is 21.2. The van der Waals surface area contributed by atoms with Gasteiger partial charge < -0.3 is 15.6 Å². The molecular formula is C24H22N4O5S3. The summed E-state index contributed by atoms with van der Waals surface area (Å²) in [5.74, 6) is 1.23. The number of hydrogen-bond donors (Lipinski definition) is 6. The monoisotopic (exact) mass is 542 g/mol. The van der Waals surface area contributed by atoms with Gasteiger partial charge in [0.1, 0.15) is 11.5 Å². The van der Waals surface area contributed by atoms with Gasteiger partial charge in [0, 0.05) is 21.2 Å². The van der Waals surface area contributed by atoms with Gasteiger partial charge in [-0.25, -0.2) is 16.8 Å². The van der Waals surface area contributed by atoms with Crippen LogP contribution in [0.25, 0.3) is 0 Å².